The molecule has 2 heterocycles. The fourth-order valence-corrected chi connectivity index (χ4v) is 3.49. The molecule has 4 nitrogen and oxygen atoms in total. The van der Waals surface area contributed by atoms with Crippen LogP contribution < -0.4 is 9.47 Å². The Morgan fingerprint density at radius 1 is 1.29 bits per heavy atom. The number of alkyl halides is 2. The van der Waals surface area contributed by atoms with Crippen LogP contribution in [-0.4, -0.2) is 24.2 Å². The molecule has 0 unspecified atom stereocenters. The smallest absolute Gasteiger partial charge is 0.388 e. The molecule has 126 valence electrons. The summed E-state index contributed by atoms with van der Waals surface area (Å²) >= 11 is 7.01. The van der Waals surface area contributed by atoms with Gasteiger partial charge in [0.25, 0.3) is 5.91 Å². The second kappa shape index (κ2) is 6.41. The summed E-state index contributed by atoms with van der Waals surface area (Å²) in [4.78, 5) is 13.1. The first-order chi connectivity index (χ1) is 11.4. The molecule has 8 heteroatoms. The minimum atomic E-state index is -2.92. The normalized spacial score (nSPS) is 11.2. The first kappa shape index (κ1) is 16.7. The second-order valence-corrected chi connectivity index (χ2v) is 6.42. The van der Waals surface area contributed by atoms with Gasteiger partial charge in [0.2, 0.25) is 0 Å². The number of carbonyl (C=O) groups is 1. The quantitative estimate of drug-likeness (QED) is 0.650. The summed E-state index contributed by atoms with van der Waals surface area (Å²) in [5.41, 5.74) is 1.32. The summed E-state index contributed by atoms with van der Waals surface area (Å²) in [6.45, 7) is -1.14. The molecular formula is C16H12ClF2NO3S. The zero-order chi connectivity index (χ0) is 17.4. The molecule has 3 rings (SSSR count). The van der Waals surface area contributed by atoms with Crippen molar-refractivity contribution in [3.63, 3.8) is 0 Å². The minimum absolute atomic E-state index is 0.0119. The first-order valence-electron chi connectivity index (χ1n) is 6.85. The maximum absolute atomic E-state index is 12.8. The molecule has 1 aromatic carbocycles. The van der Waals surface area contributed by atoms with E-state index >= 15 is 0 Å². The van der Waals surface area contributed by atoms with Gasteiger partial charge in [-0.25, -0.2) is 0 Å². The summed E-state index contributed by atoms with van der Waals surface area (Å²) in [5.74, 6) is 0.176. The number of hydrogen-bond acceptors (Lipinski definition) is 4. The van der Waals surface area contributed by atoms with Crippen molar-refractivity contribution in [2.75, 3.05) is 7.11 Å². The summed E-state index contributed by atoms with van der Waals surface area (Å²) in [6, 6.07) is 8.03. The predicted octanol–water partition coefficient (Wildman–Crippen LogP) is 4.96. The van der Waals surface area contributed by atoms with Crippen LogP contribution in [0.1, 0.15) is 15.4 Å². The third kappa shape index (κ3) is 2.97. The lowest BCUT2D eigenvalue weighted by molar-refractivity contribution is -0.0472. The van der Waals surface area contributed by atoms with E-state index in [0.717, 1.165) is 16.7 Å². The Balaban J connectivity index is 2.05. The van der Waals surface area contributed by atoms with E-state index in [1.54, 1.807) is 19.1 Å². The highest BCUT2D eigenvalue weighted by atomic mass is 35.5. The van der Waals surface area contributed by atoms with E-state index in [9.17, 15) is 13.6 Å². The van der Waals surface area contributed by atoms with E-state index in [4.69, 9.17) is 16.3 Å². The molecule has 0 radical (unpaired) electrons. The molecule has 0 atom stereocenters. The number of methoxy groups -OCH3 is 1. The molecule has 0 bridgehead atoms. The number of nitrogens with zero attached hydrogens (tertiary/aromatic N) is 1. The highest BCUT2D eigenvalue weighted by molar-refractivity contribution is 7.15. The lowest BCUT2D eigenvalue weighted by Gasteiger charge is -2.07. The molecule has 0 saturated carbocycles. The van der Waals surface area contributed by atoms with E-state index in [1.165, 1.54) is 23.8 Å². The van der Waals surface area contributed by atoms with Crippen molar-refractivity contribution in [3.05, 3.63) is 45.9 Å². The molecule has 0 aliphatic heterocycles. The maximum atomic E-state index is 12.8. The first-order valence-corrected chi connectivity index (χ1v) is 8.05. The number of aryl methyl sites for hydroxylation is 1. The van der Waals surface area contributed by atoms with Crippen LogP contribution in [0.15, 0.2) is 30.3 Å². The molecule has 0 saturated heterocycles. The minimum Gasteiger partial charge on any atom is -0.495 e. The van der Waals surface area contributed by atoms with Gasteiger partial charge in [0.1, 0.15) is 5.75 Å². The van der Waals surface area contributed by atoms with Crippen LogP contribution in [0.4, 0.5) is 8.78 Å². The average molecular weight is 372 g/mol. The van der Waals surface area contributed by atoms with E-state index in [0.29, 0.717) is 22.0 Å². The number of halogens is 3. The van der Waals surface area contributed by atoms with Crippen LogP contribution in [0.3, 0.4) is 0 Å². The standard InChI is InChI=1S/C16H12ClF2NO3S/c1-8-5-9-6-12(22-2)10(17)7-11(9)20(8)15(21)13-3-4-14(24-13)23-16(18)19/h3-7,16H,1-2H3. The van der Waals surface area contributed by atoms with Crippen molar-refractivity contribution >= 4 is 39.7 Å². The van der Waals surface area contributed by atoms with Gasteiger partial charge < -0.3 is 9.47 Å². The van der Waals surface area contributed by atoms with Crippen molar-refractivity contribution < 1.29 is 23.0 Å². The zero-order valence-corrected chi connectivity index (χ0v) is 14.3. The largest absolute Gasteiger partial charge is 0.495 e. The Morgan fingerprint density at radius 2 is 2.04 bits per heavy atom. The Labute approximate surface area is 145 Å². The van der Waals surface area contributed by atoms with Gasteiger partial charge in [-0.1, -0.05) is 22.9 Å². The van der Waals surface area contributed by atoms with Gasteiger partial charge in [0, 0.05) is 11.1 Å². The molecular weight excluding hydrogens is 360 g/mol. The molecule has 0 amide bonds. The number of ether oxygens (including phenoxy) is 2. The zero-order valence-electron chi connectivity index (χ0n) is 12.7. The Hall–Kier alpha value is -2.12. The highest BCUT2D eigenvalue weighted by Gasteiger charge is 2.19. The molecule has 0 spiro atoms. The van der Waals surface area contributed by atoms with Gasteiger partial charge in [-0.15, -0.1) is 0 Å². The van der Waals surface area contributed by atoms with E-state index in [1.807, 2.05) is 6.07 Å². The summed E-state index contributed by atoms with van der Waals surface area (Å²) < 4.78 is 35.5. The molecule has 0 aliphatic carbocycles. The van der Waals surface area contributed by atoms with Gasteiger partial charge in [-0.2, -0.15) is 8.78 Å². The number of rotatable bonds is 4. The van der Waals surface area contributed by atoms with Gasteiger partial charge >= 0.3 is 6.61 Å². The van der Waals surface area contributed by atoms with Crippen LogP contribution in [0.25, 0.3) is 10.9 Å². The number of hydrogen-bond donors (Lipinski definition) is 0. The molecule has 0 aliphatic rings. The Kier molecular flexibility index (Phi) is 4.47. The van der Waals surface area contributed by atoms with Crippen molar-refractivity contribution in [1.82, 2.24) is 4.57 Å². The molecule has 0 fully saturated rings. The number of thiophene rings is 1. The van der Waals surface area contributed by atoms with Crippen molar-refractivity contribution in [2.45, 2.75) is 13.5 Å². The van der Waals surface area contributed by atoms with Crippen molar-refractivity contribution in [3.8, 4) is 10.8 Å². The molecule has 3 aromatic rings. The summed E-state index contributed by atoms with van der Waals surface area (Å²) in [7, 11) is 1.51. The molecule has 2 aromatic heterocycles. The van der Waals surface area contributed by atoms with Gasteiger partial charge in [-0.3, -0.25) is 9.36 Å². The number of benzene rings is 1. The number of aromatic nitrogens is 1. The Morgan fingerprint density at radius 3 is 2.71 bits per heavy atom. The van der Waals surface area contributed by atoms with Crippen molar-refractivity contribution in [1.29, 1.82) is 0 Å². The lowest BCUT2D eigenvalue weighted by atomic mass is 10.2. The monoisotopic (exact) mass is 371 g/mol. The highest BCUT2D eigenvalue weighted by Crippen LogP contribution is 2.33. The third-order valence-electron chi connectivity index (χ3n) is 3.46. The van der Waals surface area contributed by atoms with E-state index in [2.05, 4.69) is 4.74 Å². The fourth-order valence-electron chi connectivity index (χ4n) is 2.47. The maximum Gasteiger partial charge on any atom is 0.388 e. The van der Waals surface area contributed by atoms with Gasteiger partial charge in [-0.05, 0) is 37.3 Å². The summed E-state index contributed by atoms with van der Waals surface area (Å²) in [6.07, 6.45) is 0. The van der Waals surface area contributed by atoms with E-state index < -0.39 is 6.61 Å². The predicted molar refractivity (Wildman–Crippen MR) is 88.9 cm³/mol. The number of fused-ring (bicyclic) bond motifs is 1. The van der Waals surface area contributed by atoms with Crippen LogP contribution >= 0.6 is 22.9 Å². The van der Waals surface area contributed by atoms with Crippen LogP contribution in [0.5, 0.6) is 10.8 Å². The second-order valence-electron chi connectivity index (χ2n) is 4.97. The number of carbonyl (C=O) groups excluding carboxylic acids is 1. The van der Waals surface area contributed by atoms with Crippen LogP contribution in [0, 0.1) is 6.92 Å². The van der Waals surface area contributed by atoms with Gasteiger partial charge in [0.15, 0.2) is 5.06 Å². The van der Waals surface area contributed by atoms with Crippen LogP contribution in [-0.2, 0) is 0 Å². The molecule has 0 N–H and O–H groups in total. The topological polar surface area (TPSA) is 40.5 Å². The van der Waals surface area contributed by atoms with E-state index in [-0.39, 0.29) is 15.8 Å². The third-order valence-corrected chi connectivity index (χ3v) is 4.72. The molecule has 24 heavy (non-hydrogen) atoms. The summed E-state index contributed by atoms with van der Waals surface area (Å²) in [5, 5.41) is 1.16. The average Bonchev–Trinajstić information content (AvgIpc) is 3.09. The van der Waals surface area contributed by atoms with Crippen molar-refractivity contribution in [2.24, 2.45) is 0 Å². The lowest BCUT2D eigenvalue weighted by Crippen LogP contribution is -2.11. The van der Waals surface area contributed by atoms with Gasteiger partial charge in [0.05, 0.1) is 22.5 Å². The SMILES string of the molecule is COc1cc2cc(C)n(C(=O)c3ccc(OC(F)F)s3)c2cc1Cl. The van der Waals surface area contributed by atoms with Crippen LogP contribution in [0.2, 0.25) is 5.02 Å². The Bertz CT molecular complexity index is 920. The fraction of sp³-hybridized carbons (Fsp3) is 0.188.